The van der Waals surface area contributed by atoms with Crippen LogP contribution < -0.4 is 20.1 Å². The molecule has 2 saturated heterocycles. The summed E-state index contributed by atoms with van der Waals surface area (Å²) >= 11 is 0. The Bertz CT molecular complexity index is 1030. The number of hydrogen-bond acceptors (Lipinski definition) is 6. The number of fused-ring (bicyclic) bond motifs is 1. The van der Waals surface area contributed by atoms with Gasteiger partial charge in [0.05, 0.1) is 26.8 Å². The molecule has 2 aromatic carbocycles. The average molecular weight is 453 g/mol. The number of methoxy groups -OCH3 is 2. The SMILES string of the molecule is COc1ccc(NC(=O)CN2C(=O)N(Cc3ccccc3)C(=O)C3NCCCC32)cc1OC. The smallest absolute Gasteiger partial charge is 0.327 e. The molecule has 0 radical (unpaired) electrons. The minimum Gasteiger partial charge on any atom is -0.493 e. The highest BCUT2D eigenvalue weighted by atomic mass is 16.5. The number of piperidine rings is 1. The lowest BCUT2D eigenvalue weighted by Gasteiger charge is -2.46. The first-order valence-corrected chi connectivity index (χ1v) is 10.9. The van der Waals surface area contributed by atoms with Gasteiger partial charge in [0.15, 0.2) is 11.5 Å². The standard InChI is InChI=1S/C24H28N4O5/c1-32-19-11-10-17(13-20(19)33-2)26-21(29)15-27-18-9-6-12-25-22(18)23(30)28(24(27)31)14-16-7-4-3-5-8-16/h3-5,7-8,10-11,13,18,22,25H,6,9,12,14-15H2,1-2H3,(H,26,29). The van der Waals surface area contributed by atoms with Crippen LogP contribution in [0, 0.1) is 0 Å². The Balaban J connectivity index is 1.52. The molecule has 9 nitrogen and oxygen atoms in total. The van der Waals surface area contributed by atoms with Gasteiger partial charge in [0.25, 0.3) is 0 Å². The van der Waals surface area contributed by atoms with Gasteiger partial charge in [-0.25, -0.2) is 4.79 Å². The minimum absolute atomic E-state index is 0.158. The van der Waals surface area contributed by atoms with E-state index >= 15 is 0 Å². The van der Waals surface area contributed by atoms with Crippen LogP contribution in [-0.2, 0) is 16.1 Å². The van der Waals surface area contributed by atoms with E-state index in [1.165, 1.54) is 24.0 Å². The highest BCUT2D eigenvalue weighted by Crippen LogP contribution is 2.30. The zero-order valence-corrected chi connectivity index (χ0v) is 18.7. The van der Waals surface area contributed by atoms with Crippen LogP contribution >= 0.6 is 0 Å². The second-order valence-electron chi connectivity index (χ2n) is 8.08. The number of carbonyl (C=O) groups is 3. The Morgan fingerprint density at radius 1 is 1.09 bits per heavy atom. The second-order valence-corrected chi connectivity index (χ2v) is 8.08. The normalized spacial score (nSPS) is 20.3. The molecule has 2 aromatic rings. The van der Waals surface area contributed by atoms with Crippen molar-refractivity contribution in [1.29, 1.82) is 0 Å². The molecular weight excluding hydrogens is 424 g/mol. The summed E-state index contributed by atoms with van der Waals surface area (Å²) in [6.07, 6.45) is 1.49. The van der Waals surface area contributed by atoms with Gasteiger partial charge in [0, 0.05) is 11.8 Å². The van der Waals surface area contributed by atoms with Gasteiger partial charge in [-0.15, -0.1) is 0 Å². The number of ether oxygens (including phenoxy) is 2. The van der Waals surface area contributed by atoms with Gasteiger partial charge < -0.3 is 25.0 Å². The first-order chi connectivity index (χ1) is 16.0. The van der Waals surface area contributed by atoms with Gasteiger partial charge in [-0.1, -0.05) is 30.3 Å². The van der Waals surface area contributed by atoms with Gasteiger partial charge in [-0.2, -0.15) is 0 Å². The molecule has 0 saturated carbocycles. The number of anilines is 1. The molecule has 174 valence electrons. The highest BCUT2D eigenvalue weighted by molar-refractivity contribution is 6.03. The van der Waals surface area contributed by atoms with Gasteiger partial charge in [-0.3, -0.25) is 14.5 Å². The van der Waals surface area contributed by atoms with Crippen molar-refractivity contribution in [1.82, 2.24) is 15.1 Å². The molecule has 0 bridgehead atoms. The molecule has 0 aliphatic carbocycles. The molecule has 2 fully saturated rings. The van der Waals surface area contributed by atoms with Crippen LogP contribution in [0.2, 0.25) is 0 Å². The van der Waals surface area contributed by atoms with Crippen molar-refractivity contribution < 1.29 is 23.9 Å². The molecule has 33 heavy (non-hydrogen) atoms. The lowest BCUT2D eigenvalue weighted by Crippen LogP contribution is -2.70. The molecule has 2 unspecified atom stereocenters. The Labute approximate surface area is 192 Å². The number of imide groups is 1. The molecule has 0 aromatic heterocycles. The molecule has 2 aliphatic rings. The van der Waals surface area contributed by atoms with Crippen LogP contribution in [-0.4, -0.2) is 67.0 Å². The highest BCUT2D eigenvalue weighted by Gasteiger charge is 2.47. The summed E-state index contributed by atoms with van der Waals surface area (Å²) in [5.74, 6) is 0.437. The van der Waals surface area contributed by atoms with Crippen molar-refractivity contribution in [2.24, 2.45) is 0 Å². The maximum Gasteiger partial charge on any atom is 0.327 e. The summed E-state index contributed by atoms with van der Waals surface area (Å²) in [4.78, 5) is 42.1. The van der Waals surface area contributed by atoms with E-state index in [0.717, 1.165) is 12.0 Å². The van der Waals surface area contributed by atoms with E-state index in [9.17, 15) is 14.4 Å². The number of nitrogens with one attached hydrogen (secondary N) is 2. The molecular formula is C24H28N4O5. The number of hydrogen-bond donors (Lipinski definition) is 2. The fourth-order valence-corrected chi connectivity index (χ4v) is 4.38. The van der Waals surface area contributed by atoms with Crippen molar-refractivity contribution in [2.45, 2.75) is 31.5 Å². The summed E-state index contributed by atoms with van der Waals surface area (Å²) in [6.45, 7) is 0.706. The van der Waals surface area contributed by atoms with E-state index in [1.54, 1.807) is 18.2 Å². The summed E-state index contributed by atoms with van der Waals surface area (Å²) in [5.41, 5.74) is 1.38. The third-order valence-corrected chi connectivity index (χ3v) is 6.00. The maximum absolute atomic E-state index is 13.4. The molecule has 0 spiro atoms. The number of urea groups is 1. The summed E-state index contributed by atoms with van der Waals surface area (Å²) in [7, 11) is 3.06. The predicted molar refractivity (Wildman–Crippen MR) is 122 cm³/mol. The average Bonchev–Trinajstić information content (AvgIpc) is 2.85. The summed E-state index contributed by atoms with van der Waals surface area (Å²) < 4.78 is 10.5. The van der Waals surface area contributed by atoms with Gasteiger partial charge in [0.2, 0.25) is 11.8 Å². The van der Waals surface area contributed by atoms with Crippen molar-refractivity contribution in [3.05, 3.63) is 54.1 Å². The zero-order valence-electron chi connectivity index (χ0n) is 18.7. The van der Waals surface area contributed by atoms with Gasteiger partial charge in [-0.05, 0) is 37.1 Å². The number of carbonyl (C=O) groups excluding carboxylic acids is 3. The minimum atomic E-state index is -0.519. The van der Waals surface area contributed by atoms with Crippen molar-refractivity contribution >= 4 is 23.5 Å². The van der Waals surface area contributed by atoms with E-state index in [-0.39, 0.29) is 30.9 Å². The molecule has 4 amide bonds. The topological polar surface area (TPSA) is 100 Å². The monoisotopic (exact) mass is 452 g/mol. The van der Waals surface area contributed by atoms with Crippen molar-refractivity contribution in [2.75, 3.05) is 32.6 Å². The lowest BCUT2D eigenvalue weighted by atomic mass is 9.93. The third-order valence-electron chi connectivity index (χ3n) is 6.00. The first kappa shape index (κ1) is 22.6. The van der Waals surface area contributed by atoms with Crippen molar-refractivity contribution in [3.8, 4) is 11.5 Å². The quantitative estimate of drug-likeness (QED) is 0.668. The molecule has 2 N–H and O–H groups in total. The summed E-state index contributed by atoms with van der Waals surface area (Å²) in [5, 5.41) is 6.06. The molecule has 2 atom stereocenters. The van der Waals surface area contributed by atoms with Gasteiger partial charge in [0.1, 0.15) is 12.6 Å². The van der Waals surface area contributed by atoms with Gasteiger partial charge >= 0.3 is 6.03 Å². The molecule has 9 heteroatoms. The number of rotatable bonds is 7. The Morgan fingerprint density at radius 3 is 2.58 bits per heavy atom. The predicted octanol–water partition coefficient (Wildman–Crippen LogP) is 2.23. The fourth-order valence-electron chi connectivity index (χ4n) is 4.38. The zero-order chi connectivity index (χ0) is 23.4. The first-order valence-electron chi connectivity index (χ1n) is 10.9. The molecule has 2 heterocycles. The second kappa shape index (κ2) is 9.91. The van der Waals surface area contributed by atoms with Crippen LogP contribution in [0.3, 0.4) is 0 Å². The van der Waals surface area contributed by atoms with Crippen LogP contribution in [0.5, 0.6) is 11.5 Å². The van der Waals surface area contributed by atoms with Crippen molar-refractivity contribution in [3.63, 3.8) is 0 Å². The third kappa shape index (κ3) is 4.78. The van der Waals surface area contributed by atoms with Crippen LogP contribution in [0.15, 0.2) is 48.5 Å². The summed E-state index contributed by atoms with van der Waals surface area (Å²) in [6, 6.07) is 13.1. The lowest BCUT2D eigenvalue weighted by molar-refractivity contribution is -0.138. The number of amides is 4. The Morgan fingerprint density at radius 2 is 1.85 bits per heavy atom. The number of nitrogens with zero attached hydrogens (tertiary/aromatic N) is 2. The van der Waals surface area contributed by atoms with E-state index in [2.05, 4.69) is 10.6 Å². The Hall–Kier alpha value is -3.59. The largest absolute Gasteiger partial charge is 0.493 e. The van der Waals surface area contributed by atoms with E-state index in [0.29, 0.717) is 30.2 Å². The van der Waals surface area contributed by atoms with E-state index in [1.807, 2.05) is 30.3 Å². The molecule has 2 aliphatic heterocycles. The maximum atomic E-state index is 13.4. The fraction of sp³-hybridized carbons (Fsp3) is 0.375. The molecule has 4 rings (SSSR count). The van der Waals surface area contributed by atoms with E-state index < -0.39 is 12.1 Å². The van der Waals surface area contributed by atoms with E-state index in [4.69, 9.17) is 9.47 Å². The Kier molecular flexibility index (Phi) is 6.79. The van der Waals surface area contributed by atoms with Crippen LogP contribution in [0.25, 0.3) is 0 Å². The van der Waals surface area contributed by atoms with Crippen LogP contribution in [0.4, 0.5) is 10.5 Å². The van der Waals surface area contributed by atoms with Crippen LogP contribution in [0.1, 0.15) is 18.4 Å². The number of benzene rings is 2.